The van der Waals surface area contributed by atoms with Crippen molar-refractivity contribution in [2.24, 2.45) is 0 Å². The molecular weight excluding hydrogens is 180 g/mol. The van der Waals surface area contributed by atoms with Gasteiger partial charge in [0.2, 0.25) is 0 Å². The summed E-state index contributed by atoms with van der Waals surface area (Å²) in [6.07, 6.45) is 1.82. The summed E-state index contributed by atoms with van der Waals surface area (Å²) >= 11 is 0. The predicted molar refractivity (Wildman–Crippen MR) is 57.3 cm³/mol. The highest BCUT2D eigenvalue weighted by molar-refractivity contribution is 6.61. The van der Waals surface area contributed by atoms with Crippen LogP contribution in [-0.2, 0) is 8.85 Å². The molecule has 0 aliphatic rings. The third kappa shape index (κ3) is 2.52. The van der Waals surface area contributed by atoms with Crippen molar-refractivity contribution in [1.29, 1.82) is 0 Å². The first-order chi connectivity index (χ1) is 6.31. The van der Waals surface area contributed by atoms with Gasteiger partial charge < -0.3 is 8.85 Å². The molecule has 3 heteroatoms. The molecule has 1 aromatic rings. The molecule has 70 valence electrons. The molecule has 1 rings (SSSR count). The normalized spacial score (nSPS) is 10.4. The van der Waals surface area contributed by atoms with Crippen molar-refractivity contribution >= 4 is 20.5 Å². The van der Waals surface area contributed by atoms with Gasteiger partial charge in [-0.15, -0.1) is 0 Å². The number of benzene rings is 1. The summed E-state index contributed by atoms with van der Waals surface area (Å²) in [6, 6.07) is 8.09. The van der Waals surface area contributed by atoms with Gasteiger partial charge in [0.1, 0.15) is 0 Å². The molecule has 0 heterocycles. The van der Waals surface area contributed by atoms with Crippen LogP contribution in [0.3, 0.4) is 0 Å². The zero-order chi connectivity index (χ0) is 9.68. The molecule has 13 heavy (non-hydrogen) atoms. The van der Waals surface area contributed by atoms with E-state index in [2.05, 4.69) is 6.58 Å². The second-order valence-electron chi connectivity index (χ2n) is 2.67. The van der Waals surface area contributed by atoms with Crippen molar-refractivity contribution in [3.63, 3.8) is 0 Å². The topological polar surface area (TPSA) is 18.5 Å². The van der Waals surface area contributed by atoms with Gasteiger partial charge in [0.05, 0.1) is 0 Å². The SMILES string of the molecule is C=Cc1ccc([SiH](OC)OC)cc1. The first-order valence-corrected chi connectivity index (χ1v) is 5.62. The third-order valence-corrected chi connectivity index (χ3v) is 3.66. The highest BCUT2D eigenvalue weighted by Crippen LogP contribution is 1.99. The van der Waals surface area contributed by atoms with Crippen LogP contribution < -0.4 is 5.19 Å². The Hall–Kier alpha value is -0.903. The van der Waals surface area contributed by atoms with E-state index in [0.717, 1.165) is 10.8 Å². The molecule has 0 aliphatic carbocycles. The fraction of sp³-hybridized carbons (Fsp3) is 0.200. The van der Waals surface area contributed by atoms with Gasteiger partial charge in [-0.05, 0) is 10.8 Å². The van der Waals surface area contributed by atoms with Crippen LogP contribution >= 0.6 is 0 Å². The van der Waals surface area contributed by atoms with Crippen LogP contribution in [0.15, 0.2) is 30.8 Å². The first-order valence-electron chi connectivity index (χ1n) is 4.09. The molecule has 0 radical (unpaired) electrons. The molecule has 0 aromatic heterocycles. The molecule has 0 spiro atoms. The van der Waals surface area contributed by atoms with E-state index in [0.29, 0.717) is 0 Å². The lowest BCUT2D eigenvalue weighted by atomic mass is 10.2. The average Bonchev–Trinajstić information content (AvgIpc) is 2.21. The van der Waals surface area contributed by atoms with E-state index in [1.54, 1.807) is 14.2 Å². The van der Waals surface area contributed by atoms with Gasteiger partial charge in [-0.2, -0.15) is 0 Å². The van der Waals surface area contributed by atoms with Crippen LogP contribution in [0.2, 0.25) is 0 Å². The largest absolute Gasteiger partial charge is 0.397 e. The van der Waals surface area contributed by atoms with Gasteiger partial charge in [-0.1, -0.05) is 36.9 Å². The smallest absolute Gasteiger partial charge is 0.355 e. The molecule has 0 N–H and O–H groups in total. The van der Waals surface area contributed by atoms with E-state index in [1.165, 1.54) is 0 Å². The Balaban J connectivity index is 2.83. The van der Waals surface area contributed by atoms with Crippen molar-refractivity contribution in [3.8, 4) is 0 Å². The lowest BCUT2D eigenvalue weighted by Gasteiger charge is -2.10. The van der Waals surface area contributed by atoms with Crippen LogP contribution in [0.5, 0.6) is 0 Å². The maximum atomic E-state index is 5.25. The minimum absolute atomic E-state index is 1.11. The first kappa shape index (κ1) is 10.2. The van der Waals surface area contributed by atoms with Crippen LogP contribution in [0.1, 0.15) is 5.56 Å². The molecule has 0 amide bonds. The van der Waals surface area contributed by atoms with Gasteiger partial charge in [-0.3, -0.25) is 0 Å². The average molecular weight is 194 g/mol. The summed E-state index contributed by atoms with van der Waals surface area (Å²) in [7, 11) is 1.75. The quantitative estimate of drug-likeness (QED) is 0.667. The second kappa shape index (κ2) is 4.96. The summed E-state index contributed by atoms with van der Waals surface area (Å²) in [5, 5.41) is 1.15. The summed E-state index contributed by atoms with van der Waals surface area (Å²) in [4.78, 5) is 0. The third-order valence-electron chi connectivity index (χ3n) is 1.87. The minimum Gasteiger partial charge on any atom is -0.397 e. The van der Waals surface area contributed by atoms with Gasteiger partial charge in [0.25, 0.3) is 0 Å². The van der Waals surface area contributed by atoms with Crippen molar-refractivity contribution in [1.82, 2.24) is 0 Å². The molecule has 0 unspecified atom stereocenters. The summed E-state index contributed by atoms with van der Waals surface area (Å²) in [5.41, 5.74) is 1.11. The standard InChI is InChI=1S/C10H14O2Si/c1-4-9-5-7-10(8-6-9)13(11-2)12-3/h4-8,13H,1H2,2-3H3. The van der Waals surface area contributed by atoms with Crippen molar-refractivity contribution in [2.75, 3.05) is 14.2 Å². The van der Waals surface area contributed by atoms with Gasteiger partial charge in [-0.25, -0.2) is 0 Å². The van der Waals surface area contributed by atoms with E-state index in [9.17, 15) is 0 Å². The molecule has 0 bridgehead atoms. The molecule has 0 fully saturated rings. The molecule has 0 aliphatic heterocycles. The Morgan fingerprint density at radius 1 is 1.15 bits per heavy atom. The Kier molecular flexibility index (Phi) is 3.89. The molecule has 0 saturated heterocycles. The molecule has 2 nitrogen and oxygen atoms in total. The van der Waals surface area contributed by atoms with E-state index in [1.807, 2.05) is 30.3 Å². The highest BCUT2D eigenvalue weighted by atomic mass is 28.3. The lowest BCUT2D eigenvalue weighted by molar-refractivity contribution is 0.292. The maximum Gasteiger partial charge on any atom is 0.355 e. The fourth-order valence-electron chi connectivity index (χ4n) is 1.16. The molecule has 1 aromatic carbocycles. The van der Waals surface area contributed by atoms with Gasteiger partial charge in [0.15, 0.2) is 0 Å². The molecule has 0 saturated carbocycles. The highest BCUT2D eigenvalue weighted by Gasteiger charge is 2.11. The van der Waals surface area contributed by atoms with E-state index in [4.69, 9.17) is 8.85 Å². The van der Waals surface area contributed by atoms with Crippen LogP contribution in [0.4, 0.5) is 0 Å². The summed E-state index contributed by atoms with van der Waals surface area (Å²) in [6.45, 7) is 3.69. The van der Waals surface area contributed by atoms with E-state index < -0.39 is 9.28 Å². The number of rotatable bonds is 4. The van der Waals surface area contributed by atoms with Crippen molar-refractivity contribution < 1.29 is 8.85 Å². The van der Waals surface area contributed by atoms with Gasteiger partial charge >= 0.3 is 9.28 Å². The van der Waals surface area contributed by atoms with E-state index in [-0.39, 0.29) is 0 Å². The fourth-order valence-corrected chi connectivity index (χ4v) is 2.40. The number of hydrogen-bond donors (Lipinski definition) is 0. The molecule has 0 atom stereocenters. The summed E-state index contributed by atoms with van der Waals surface area (Å²) < 4.78 is 10.5. The Labute approximate surface area is 80.7 Å². The van der Waals surface area contributed by atoms with Crippen LogP contribution in [0, 0.1) is 0 Å². The Morgan fingerprint density at radius 2 is 1.69 bits per heavy atom. The number of hydrogen-bond acceptors (Lipinski definition) is 2. The van der Waals surface area contributed by atoms with Gasteiger partial charge in [0, 0.05) is 14.2 Å². The Bertz CT molecular complexity index is 265. The van der Waals surface area contributed by atoms with E-state index >= 15 is 0 Å². The Morgan fingerprint density at radius 3 is 2.08 bits per heavy atom. The van der Waals surface area contributed by atoms with Crippen LogP contribution in [0.25, 0.3) is 6.08 Å². The summed E-state index contributed by atoms with van der Waals surface area (Å²) in [5.74, 6) is 0. The monoisotopic (exact) mass is 194 g/mol. The molecular formula is C10H14O2Si. The maximum absolute atomic E-state index is 5.25. The van der Waals surface area contributed by atoms with Crippen molar-refractivity contribution in [3.05, 3.63) is 36.4 Å². The second-order valence-corrected chi connectivity index (χ2v) is 4.95. The zero-order valence-electron chi connectivity index (χ0n) is 7.99. The predicted octanol–water partition coefficient (Wildman–Crippen LogP) is 1.05. The lowest BCUT2D eigenvalue weighted by Crippen LogP contribution is -2.34. The van der Waals surface area contributed by atoms with Crippen LogP contribution in [-0.4, -0.2) is 23.5 Å². The van der Waals surface area contributed by atoms with Crippen molar-refractivity contribution in [2.45, 2.75) is 0 Å². The zero-order valence-corrected chi connectivity index (χ0v) is 9.14. The minimum atomic E-state index is -1.62.